The standard InChI is InChI=1S/C7H5N2O2/c1-11-7(10)6-3-2-5(4-8)9-6/h2-3H,1H3/q-1. The number of aliphatic imine (C=N–C) groups is 1. The number of carbonyl (C=O) groups excluding carboxylic acids is 1. The predicted molar refractivity (Wildman–Crippen MR) is 40.5 cm³/mol. The molecule has 0 aliphatic carbocycles. The van der Waals surface area contributed by atoms with Crippen LogP contribution in [0.3, 0.4) is 0 Å². The molecule has 0 aromatic rings. The summed E-state index contributed by atoms with van der Waals surface area (Å²) < 4.78 is 4.38. The van der Waals surface area contributed by atoms with E-state index in [0.717, 1.165) is 0 Å². The molecule has 56 valence electrons. The van der Waals surface area contributed by atoms with Crippen molar-refractivity contribution >= 4 is 17.6 Å². The van der Waals surface area contributed by atoms with Crippen LogP contribution in [0.25, 0.3) is 5.41 Å². The zero-order chi connectivity index (χ0) is 8.27. The molecular formula is C7H5N2O2-. The number of nitrogens with zero attached hydrogens (tertiary/aromatic N) is 2. The van der Waals surface area contributed by atoms with Crippen LogP contribution in [0.1, 0.15) is 0 Å². The molecule has 0 atom stereocenters. The lowest BCUT2D eigenvalue weighted by molar-refractivity contribution is -0.132. The van der Waals surface area contributed by atoms with Gasteiger partial charge in [0.15, 0.2) is 0 Å². The van der Waals surface area contributed by atoms with Gasteiger partial charge >= 0.3 is 5.97 Å². The molecule has 1 aliphatic rings. The monoisotopic (exact) mass is 149 g/mol. The summed E-state index contributed by atoms with van der Waals surface area (Å²) in [6.45, 7) is 0. The molecule has 4 heteroatoms. The van der Waals surface area contributed by atoms with E-state index >= 15 is 0 Å². The highest BCUT2D eigenvalue weighted by Gasteiger charge is 2.11. The molecule has 0 fully saturated rings. The van der Waals surface area contributed by atoms with Gasteiger partial charge in [-0.2, -0.15) is 0 Å². The Morgan fingerprint density at radius 2 is 2.45 bits per heavy atom. The van der Waals surface area contributed by atoms with Crippen LogP contribution >= 0.6 is 0 Å². The zero-order valence-corrected chi connectivity index (χ0v) is 5.87. The summed E-state index contributed by atoms with van der Waals surface area (Å²) in [5, 5.41) is 8.34. The minimum Gasteiger partial charge on any atom is -0.761 e. The third-order valence-corrected chi connectivity index (χ3v) is 1.15. The largest absolute Gasteiger partial charge is 0.761 e. The Bertz CT molecular complexity index is 296. The molecule has 0 saturated heterocycles. The summed E-state index contributed by atoms with van der Waals surface area (Å²) in [7, 11) is 1.27. The molecule has 0 spiro atoms. The van der Waals surface area contributed by atoms with Gasteiger partial charge in [0, 0.05) is 0 Å². The summed E-state index contributed by atoms with van der Waals surface area (Å²) in [5.74, 6) is 1.29. The van der Waals surface area contributed by atoms with Gasteiger partial charge in [-0.05, 0) is 12.2 Å². The van der Waals surface area contributed by atoms with Crippen molar-refractivity contribution in [1.82, 2.24) is 0 Å². The molecule has 1 heterocycles. The van der Waals surface area contributed by atoms with E-state index in [9.17, 15) is 4.79 Å². The Morgan fingerprint density at radius 3 is 2.91 bits per heavy atom. The normalized spacial score (nSPS) is 14.3. The van der Waals surface area contributed by atoms with E-state index in [2.05, 4.69) is 9.73 Å². The Hall–Kier alpha value is -1.67. The minimum atomic E-state index is -0.522. The van der Waals surface area contributed by atoms with Crippen molar-refractivity contribution in [3.8, 4) is 0 Å². The number of hydrogen-bond acceptors (Lipinski definition) is 3. The number of rotatable bonds is 1. The lowest BCUT2D eigenvalue weighted by Gasteiger charge is -1.92. The maximum Gasteiger partial charge on any atom is 0.356 e. The van der Waals surface area contributed by atoms with Crippen molar-refractivity contribution in [3.05, 3.63) is 23.3 Å². The summed E-state index contributed by atoms with van der Waals surface area (Å²) in [4.78, 5) is 14.4. The van der Waals surface area contributed by atoms with Gasteiger partial charge in [-0.25, -0.2) is 15.7 Å². The molecule has 1 rings (SSSR count). The average molecular weight is 149 g/mol. The van der Waals surface area contributed by atoms with Gasteiger partial charge in [0.1, 0.15) is 5.71 Å². The molecule has 0 aromatic heterocycles. The van der Waals surface area contributed by atoms with E-state index in [0.29, 0.717) is 0 Å². The van der Waals surface area contributed by atoms with Crippen molar-refractivity contribution in [2.24, 2.45) is 4.99 Å². The highest BCUT2D eigenvalue weighted by atomic mass is 16.5. The highest BCUT2D eigenvalue weighted by molar-refractivity contribution is 6.42. The number of allylic oxidation sites excluding steroid dienone is 1. The van der Waals surface area contributed by atoms with Crippen LogP contribution in [0.5, 0.6) is 0 Å². The topological polar surface area (TPSA) is 61.0 Å². The predicted octanol–water partition coefficient (Wildman–Crippen LogP) is 0.293. The Kier molecular flexibility index (Phi) is 1.99. The quantitative estimate of drug-likeness (QED) is 0.397. The number of hydrogen-bond donors (Lipinski definition) is 0. The molecule has 0 saturated carbocycles. The summed E-state index contributed by atoms with van der Waals surface area (Å²) in [5.41, 5.74) is 0.398. The van der Waals surface area contributed by atoms with Crippen LogP contribution in [-0.4, -0.2) is 24.7 Å². The Morgan fingerprint density at radius 1 is 1.73 bits per heavy atom. The molecule has 0 amide bonds. The molecule has 0 unspecified atom stereocenters. The lowest BCUT2D eigenvalue weighted by atomic mass is 10.4. The molecule has 0 aromatic carbocycles. The average Bonchev–Trinajstić information content (AvgIpc) is 2.50. The van der Waals surface area contributed by atoms with E-state index in [4.69, 9.17) is 5.41 Å². The fourth-order valence-corrected chi connectivity index (χ4v) is 0.643. The first-order valence-corrected chi connectivity index (χ1v) is 2.90. The van der Waals surface area contributed by atoms with Crippen LogP contribution < -0.4 is 0 Å². The van der Waals surface area contributed by atoms with E-state index in [-0.39, 0.29) is 11.4 Å². The second kappa shape index (κ2) is 2.94. The lowest BCUT2D eigenvalue weighted by Crippen LogP contribution is -2.11. The molecule has 1 aliphatic heterocycles. The van der Waals surface area contributed by atoms with Crippen molar-refractivity contribution in [3.63, 3.8) is 0 Å². The van der Waals surface area contributed by atoms with Crippen molar-refractivity contribution in [2.45, 2.75) is 0 Å². The molecule has 0 bridgehead atoms. The van der Waals surface area contributed by atoms with Gasteiger partial charge in [0.2, 0.25) is 0 Å². The summed E-state index contributed by atoms with van der Waals surface area (Å²) >= 11 is 0. The van der Waals surface area contributed by atoms with Crippen molar-refractivity contribution < 1.29 is 9.53 Å². The van der Waals surface area contributed by atoms with E-state index in [1.807, 2.05) is 5.87 Å². The van der Waals surface area contributed by atoms with Crippen LogP contribution in [0.4, 0.5) is 0 Å². The maximum atomic E-state index is 10.7. The van der Waals surface area contributed by atoms with E-state index in [1.54, 1.807) is 0 Å². The van der Waals surface area contributed by atoms with E-state index < -0.39 is 5.97 Å². The van der Waals surface area contributed by atoms with Crippen LogP contribution in [0.2, 0.25) is 0 Å². The van der Waals surface area contributed by atoms with Gasteiger partial charge in [0.25, 0.3) is 0 Å². The maximum absolute atomic E-state index is 10.7. The van der Waals surface area contributed by atoms with Crippen molar-refractivity contribution in [2.75, 3.05) is 7.11 Å². The van der Waals surface area contributed by atoms with Gasteiger partial charge in [0.05, 0.1) is 12.8 Å². The van der Waals surface area contributed by atoms with Crippen LogP contribution in [0, 0.1) is 0 Å². The fourth-order valence-electron chi connectivity index (χ4n) is 0.643. The first-order chi connectivity index (χ1) is 5.27. The SMILES string of the molecule is COC(=O)C1=NC(=C=[N-])C=C1. The Balaban J connectivity index is 2.88. The number of carbonyl (C=O) groups is 1. The van der Waals surface area contributed by atoms with Gasteiger partial charge in [-0.3, -0.25) is 0 Å². The molecule has 11 heavy (non-hydrogen) atoms. The highest BCUT2D eigenvalue weighted by Crippen LogP contribution is 2.05. The Labute approximate surface area is 63.4 Å². The third-order valence-electron chi connectivity index (χ3n) is 1.15. The van der Waals surface area contributed by atoms with Gasteiger partial charge in [-0.15, -0.1) is 0 Å². The molecule has 0 N–H and O–H groups in total. The van der Waals surface area contributed by atoms with Gasteiger partial charge in [-0.1, -0.05) is 0 Å². The van der Waals surface area contributed by atoms with Crippen molar-refractivity contribution in [1.29, 1.82) is 0 Å². The number of esters is 1. The smallest absolute Gasteiger partial charge is 0.356 e. The molecule has 4 nitrogen and oxygen atoms in total. The summed E-state index contributed by atoms with van der Waals surface area (Å²) in [6.07, 6.45) is 2.91. The minimum absolute atomic E-state index is 0.170. The molecule has 0 radical (unpaired) electrons. The second-order valence-corrected chi connectivity index (χ2v) is 1.82. The first kappa shape index (κ1) is 7.44. The molecular weight excluding hydrogens is 144 g/mol. The fraction of sp³-hybridized carbons (Fsp3) is 0.143. The van der Waals surface area contributed by atoms with Crippen LogP contribution in [-0.2, 0) is 9.53 Å². The van der Waals surface area contributed by atoms with E-state index in [1.165, 1.54) is 19.3 Å². The third kappa shape index (κ3) is 1.42. The van der Waals surface area contributed by atoms with Gasteiger partial charge < -0.3 is 10.1 Å². The summed E-state index contributed by atoms with van der Waals surface area (Å²) in [6, 6.07) is 0. The number of ether oxygens (including phenoxy) is 1. The van der Waals surface area contributed by atoms with Crippen LogP contribution in [0.15, 0.2) is 22.8 Å². The number of methoxy groups -OCH3 is 1. The first-order valence-electron chi connectivity index (χ1n) is 2.90. The second-order valence-electron chi connectivity index (χ2n) is 1.82. The zero-order valence-electron chi connectivity index (χ0n) is 5.87.